The van der Waals surface area contributed by atoms with Crippen molar-refractivity contribution >= 4 is 11.8 Å². The first-order valence-corrected chi connectivity index (χ1v) is 6.60. The minimum Gasteiger partial charge on any atom is -0.381 e. The molecule has 0 aromatic carbocycles. The van der Waals surface area contributed by atoms with E-state index in [1.54, 1.807) is 7.11 Å². The van der Waals surface area contributed by atoms with Crippen molar-refractivity contribution in [3.8, 4) is 0 Å². The number of nitrogens with one attached hydrogen (secondary N) is 1. The number of aromatic nitrogens is 2. The van der Waals surface area contributed by atoms with Gasteiger partial charge in [0.2, 0.25) is 5.95 Å². The average Bonchev–Trinajstić information content (AvgIpc) is 2.38. The Morgan fingerprint density at radius 1 is 1.39 bits per heavy atom. The van der Waals surface area contributed by atoms with Gasteiger partial charge < -0.3 is 15.0 Å². The van der Waals surface area contributed by atoms with E-state index in [0.717, 1.165) is 49.9 Å². The minimum absolute atomic E-state index is 0.400. The summed E-state index contributed by atoms with van der Waals surface area (Å²) in [6, 6.07) is 2.05. The van der Waals surface area contributed by atoms with E-state index in [2.05, 4.69) is 27.1 Å². The number of anilines is 2. The molecule has 100 valence electrons. The van der Waals surface area contributed by atoms with Gasteiger partial charge in [-0.3, -0.25) is 0 Å². The quantitative estimate of drug-likeness (QED) is 0.883. The van der Waals surface area contributed by atoms with Crippen molar-refractivity contribution in [2.24, 2.45) is 0 Å². The molecule has 2 rings (SSSR count). The van der Waals surface area contributed by atoms with Crippen LogP contribution in [0.1, 0.15) is 25.5 Å². The maximum atomic E-state index is 5.39. The van der Waals surface area contributed by atoms with Gasteiger partial charge in [-0.1, -0.05) is 0 Å². The molecule has 0 radical (unpaired) electrons. The zero-order valence-electron chi connectivity index (χ0n) is 11.4. The molecule has 0 aliphatic carbocycles. The van der Waals surface area contributed by atoms with Gasteiger partial charge in [0.15, 0.2) is 0 Å². The molecule has 0 amide bonds. The van der Waals surface area contributed by atoms with E-state index in [-0.39, 0.29) is 0 Å². The van der Waals surface area contributed by atoms with Gasteiger partial charge in [-0.05, 0) is 26.7 Å². The summed E-state index contributed by atoms with van der Waals surface area (Å²) in [5.74, 6) is 1.74. The molecule has 1 saturated heterocycles. The van der Waals surface area contributed by atoms with Crippen LogP contribution in [0.15, 0.2) is 6.07 Å². The van der Waals surface area contributed by atoms with E-state index < -0.39 is 0 Å². The van der Waals surface area contributed by atoms with Crippen molar-refractivity contribution in [1.82, 2.24) is 9.97 Å². The van der Waals surface area contributed by atoms with E-state index in [1.807, 2.05) is 13.0 Å². The molecular weight excluding hydrogens is 228 g/mol. The van der Waals surface area contributed by atoms with Crippen LogP contribution in [0.2, 0.25) is 0 Å². The summed E-state index contributed by atoms with van der Waals surface area (Å²) in [6.07, 6.45) is 2.53. The van der Waals surface area contributed by atoms with Crippen molar-refractivity contribution in [3.05, 3.63) is 11.8 Å². The summed E-state index contributed by atoms with van der Waals surface area (Å²) >= 11 is 0. The van der Waals surface area contributed by atoms with Gasteiger partial charge in [-0.15, -0.1) is 0 Å². The highest BCUT2D eigenvalue weighted by Crippen LogP contribution is 2.20. The zero-order valence-corrected chi connectivity index (χ0v) is 11.4. The third kappa shape index (κ3) is 3.10. The fourth-order valence-electron chi connectivity index (χ4n) is 2.27. The van der Waals surface area contributed by atoms with E-state index in [0.29, 0.717) is 6.10 Å². The summed E-state index contributed by atoms with van der Waals surface area (Å²) < 4.78 is 5.39. The first-order chi connectivity index (χ1) is 8.72. The van der Waals surface area contributed by atoms with Crippen molar-refractivity contribution in [2.75, 3.05) is 37.0 Å². The number of hydrogen-bond acceptors (Lipinski definition) is 5. The molecule has 5 heteroatoms. The van der Waals surface area contributed by atoms with Crippen molar-refractivity contribution < 1.29 is 4.74 Å². The van der Waals surface area contributed by atoms with Crippen LogP contribution in [-0.2, 0) is 4.74 Å². The standard InChI is InChI=1S/C13H22N4O/c1-4-14-13-15-10(2)9-12(16-13)17-7-5-11(18-3)6-8-17/h9,11H,4-8H2,1-3H3,(H,14,15,16). The number of ether oxygens (including phenoxy) is 1. The maximum Gasteiger partial charge on any atom is 0.224 e. The van der Waals surface area contributed by atoms with Crippen molar-refractivity contribution in [3.63, 3.8) is 0 Å². The second-order valence-electron chi connectivity index (χ2n) is 4.64. The highest BCUT2D eigenvalue weighted by molar-refractivity contribution is 5.45. The molecule has 1 fully saturated rings. The number of piperidine rings is 1. The number of hydrogen-bond donors (Lipinski definition) is 1. The second-order valence-corrected chi connectivity index (χ2v) is 4.64. The van der Waals surface area contributed by atoms with Gasteiger partial charge in [0.1, 0.15) is 5.82 Å². The molecule has 18 heavy (non-hydrogen) atoms. The van der Waals surface area contributed by atoms with Crippen molar-refractivity contribution in [1.29, 1.82) is 0 Å². The lowest BCUT2D eigenvalue weighted by molar-refractivity contribution is 0.0818. The third-order valence-corrected chi connectivity index (χ3v) is 3.27. The fourth-order valence-corrected chi connectivity index (χ4v) is 2.27. The Morgan fingerprint density at radius 3 is 2.72 bits per heavy atom. The molecule has 5 nitrogen and oxygen atoms in total. The van der Waals surface area contributed by atoms with Crippen LogP contribution >= 0.6 is 0 Å². The molecular formula is C13H22N4O. The summed E-state index contributed by atoms with van der Waals surface area (Å²) in [7, 11) is 1.79. The number of rotatable bonds is 4. The predicted octanol–water partition coefficient (Wildman–Crippen LogP) is 1.83. The van der Waals surface area contributed by atoms with Gasteiger partial charge in [-0.2, -0.15) is 4.98 Å². The Hall–Kier alpha value is -1.36. The molecule has 0 bridgehead atoms. The van der Waals surface area contributed by atoms with Crippen LogP contribution in [0.5, 0.6) is 0 Å². The smallest absolute Gasteiger partial charge is 0.224 e. The third-order valence-electron chi connectivity index (χ3n) is 3.27. The molecule has 1 N–H and O–H groups in total. The zero-order chi connectivity index (χ0) is 13.0. The molecule has 1 aromatic heterocycles. The average molecular weight is 250 g/mol. The normalized spacial score (nSPS) is 16.9. The summed E-state index contributed by atoms with van der Waals surface area (Å²) in [5, 5.41) is 3.17. The molecule has 1 aliphatic heterocycles. The molecule has 1 aliphatic rings. The summed E-state index contributed by atoms with van der Waals surface area (Å²) in [6.45, 7) is 6.90. The fraction of sp³-hybridized carbons (Fsp3) is 0.692. The molecule has 0 atom stereocenters. The van der Waals surface area contributed by atoms with Gasteiger partial charge in [0.05, 0.1) is 6.10 Å². The number of methoxy groups -OCH3 is 1. The van der Waals surface area contributed by atoms with Crippen LogP contribution < -0.4 is 10.2 Å². The molecule has 0 spiro atoms. The lowest BCUT2D eigenvalue weighted by atomic mass is 10.1. The minimum atomic E-state index is 0.400. The first-order valence-electron chi connectivity index (χ1n) is 6.60. The van der Waals surface area contributed by atoms with E-state index in [9.17, 15) is 0 Å². The van der Waals surface area contributed by atoms with E-state index in [1.165, 1.54) is 0 Å². The predicted molar refractivity (Wildman–Crippen MR) is 73.2 cm³/mol. The largest absolute Gasteiger partial charge is 0.381 e. The maximum absolute atomic E-state index is 5.39. The lowest BCUT2D eigenvalue weighted by Gasteiger charge is -2.32. The Bertz CT molecular complexity index is 389. The van der Waals surface area contributed by atoms with Crippen LogP contribution in [0, 0.1) is 6.92 Å². The monoisotopic (exact) mass is 250 g/mol. The van der Waals surface area contributed by atoms with Crippen LogP contribution in [-0.4, -0.2) is 42.8 Å². The van der Waals surface area contributed by atoms with Crippen LogP contribution in [0.3, 0.4) is 0 Å². The summed E-state index contributed by atoms with van der Waals surface area (Å²) in [4.78, 5) is 11.2. The number of aryl methyl sites for hydroxylation is 1. The van der Waals surface area contributed by atoms with Crippen molar-refractivity contribution in [2.45, 2.75) is 32.8 Å². The number of nitrogens with zero attached hydrogens (tertiary/aromatic N) is 3. The second kappa shape index (κ2) is 6.00. The Balaban J connectivity index is 2.08. The highest BCUT2D eigenvalue weighted by atomic mass is 16.5. The highest BCUT2D eigenvalue weighted by Gasteiger charge is 2.20. The van der Waals surface area contributed by atoms with Gasteiger partial charge >= 0.3 is 0 Å². The van der Waals surface area contributed by atoms with E-state index >= 15 is 0 Å². The molecule has 0 unspecified atom stereocenters. The SMILES string of the molecule is CCNc1nc(C)cc(N2CCC(OC)CC2)n1. The van der Waals surface area contributed by atoms with Gasteiger partial charge in [-0.25, -0.2) is 4.98 Å². The molecule has 0 saturated carbocycles. The topological polar surface area (TPSA) is 50.3 Å². The Kier molecular flexibility index (Phi) is 4.36. The summed E-state index contributed by atoms with van der Waals surface area (Å²) in [5.41, 5.74) is 1.00. The van der Waals surface area contributed by atoms with Crippen LogP contribution in [0.4, 0.5) is 11.8 Å². The molecule has 1 aromatic rings. The molecule has 2 heterocycles. The Labute approximate surface area is 109 Å². The van der Waals surface area contributed by atoms with Crippen LogP contribution in [0.25, 0.3) is 0 Å². The van der Waals surface area contributed by atoms with Gasteiger partial charge in [0.25, 0.3) is 0 Å². The Morgan fingerprint density at radius 2 is 2.11 bits per heavy atom. The van der Waals surface area contributed by atoms with E-state index in [4.69, 9.17) is 4.74 Å². The van der Waals surface area contributed by atoms with Gasteiger partial charge in [0, 0.05) is 38.5 Å². The lowest BCUT2D eigenvalue weighted by Crippen LogP contribution is -2.37. The first kappa shape index (κ1) is 13.1.